The lowest BCUT2D eigenvalue weighted by Gasteiger charge is -2.28. The molecule has 21 N–H and O–H groups in total. The van der Waals surface area contributed by atoms with E-state index >= 15 is 0 Å². The third-order valence-corrected chi connectivity index (χ3v) is 27.7. The van der Waals surface area contributed by atoms with Crippen molar-refractivity contribution >= 4 is 183 Å². The van der Waals surface area contributed by atoms with Gasteiger partial charge in [-0.3, -0.25) is 33.4 Å². The standard InChI is InChI=1S/C19H18N4O2S.2C18H15N5OS.C18H18N4O2S.C18H17N3O2S/c20-18-14-9-16(26-17(14)15(10-22-18)19(21)25)11-1-3-12(4-2-11)23-7-5-13(24)6-8-23;19-17-13-8-15(25-16(13)14(9-21-17)18(20)24)12-4-2-11(3-5-12)10-23-7-1-6-22-23;19-17-13-7-15(25-16(13)14(8-22-17)18(20)24)12-3-1-11(2-4-12)9-23-6-5-21-10-23;19-17-13-9-15(25-16(13)14(10-21-17)18(20)23)11-1-3-12(4-2-11)22-5-7-24-8-6-22;19-17-13-7-15(24-16(13)14(8-21-17)18(20)23)11-2-1-10-6-12(22)4-3-9(10)5-11/h1-4,9-10H,5-8H2,(H2,20,22)(H2,21,25);1-9H,10H2,(H2,19,21)(H2,20,24);1-8,10H,9H2,(H2,19,22)(H2,20,24);1-4,9-10H,5-8H2,(H2,19,21)(H2,20,23);1-2,5,7-8,12,22H,3-4,6H2,(H2,19,21)(H2,20,23). The average Bonchev–Trinajstić information content (AvgIpc) is 1.68. The predicted octanol–water partition coefficient (Wildman–Crippen LogP) is 13.6. The molecule has 2 fully saturated rings. The summed E-state index contributed by atoms with van der Waals surface area (Å²) in [5, 5.41) is 17.8. The number of thiophene rings is 5. The van der Waals surface area contributed by atoms with E-state index in [2.05, 4.69) is 148 Å². The van der Waals surface area contributed by atoms with Crippen LogP contribution in [0.3, 0.4) is 0 Å². The Morgan fingerprint density at radius 3 is 1.11 bits per heavy atom. The Balaban J connectivity index is 0.000000115. The lowest BCUT2D eigenvalue weighted by atomic mass is 9.88. The molecule has 5 amide bonds. The fourth-order valence-electron chi connectivity index (χ4n) is 14.9. The Kier molecular flexibility index (Phi) is 24.8. The molecule has 630 valence electrons. The summed E-state index contributed by atoms with van der Waals surface area (Å²) in [6.45, 7) is 6.38. The van der Waals surface area contributed by atoms with Crippen LogP contribution in [0.25, 0.3) is 103 Å². The molecule has 29 nitrogen and oxygen atoms in total. The van der Waals surface area contributed by atoms with Gasteiger partial charge in [-0.2, -0.15) is 5.10 Å². The van der Waals surface area contributed by atoms with Crippen LogP contribution in [0.1, 0.15) is 93.3 Å². The Morgan fingerprint density at radius 2 is 0.760 bits per heavy atom. The predicted molar refractivity (Wildman–Crippen MR) is 500 cm³/mol. The number of carbonyl (C=O) groups is 6. The number of pyridine rings is 5. The molecule has 17 aromatic rings. The van der Waals surface area contributed by atoms with Crippen LogP contribution in [0.4, 0.5) is 40.5 Å². The van der Waals surface area contributed by atoms with Crippen LogP contribution in [0.2, 0.25) is 0 Å². The number of aryl methyl sites for hydroxylation is 1. The zero-order valence-corrected chi connectivity index (χ0v) is 71.1. The van der Waals surface area contributed by atoms with Gasteiger partial charge in [-0.05, 0) is 130 Å². The van der Waals surface area contributed by atoms with Crippen molar-refractivity contribution in [2.75, 3.05) is 77.9 Å². The van der Waals surface area contributed by atoms with Crippen molar-refractivity contribution in [2.24, 2.45) is 28.7 Å². The van der Waals surface area contributed by atoms with E-state index in [0.717, 1.165) is 179 Å². The fraction of sp³-hybridized carbons (Fsp3) is 0.154. The van der Waals surface area contributed by atoms with E-state index < -0.39 is 29.5 Å². The second-order valence-corrected chi connectivity index (χ2v) is 35.1. The van der Waals surface area contributed by atoms with Crippen molar-refractivity contribution in [3.8, 4) is 52.2 Å². The highest BCUT2D eigenvalue weighted by Gasteiger charge is 2.25. The first-order valence-corrected chi connectivity index (χ1v) is 43.6. The van der Waals surface area contributed by atoms with E-state index in [0.29, 0.717) is 82.0 Å². The molecule has 2 aliphatic heterocycles. The van der Waals surface area contributed by atoms with Crippen molar-refractivity contribution < 1.29 is 38.6 Å². The number of nitrogens with zero attached hydrogens (tertiary/aromatic N) is 11. The highest BCUT2D eigenvalue weighted by atomic mass is 32.1. The van der Waals surface area contributed by atoms with Gasteiger partial charge >= 0.3 is 0 Å². The van der Waals surface area contributed by atoms with Gasteiger partial charge in [0.15, 0.2) is 0 Å². The summed E-state index contributed by atoms with van der Waals surface area (Å²) in [6, 6.07) is 51.1. The number of hydrogen-bond donors (Lipinski definition) is 11. The Morgan fingerprint density at radius 1 is 0.408 bits per heavy atom. The van der Waals surface area contributed by atoms with Crippen LogP contribution in [0.5, 0.6) is 0 Å². The highest BCUT2D eigenvalue weighted by molar-refractivity contribution is 7.24. The number of piperidine rings is 1. The van der Waals surface area contributed by atoms with Gasteiger partial charge in [0.05, 0.1) is 83.5 Å². The molecule has 1 atom stereocenters. The topological polar surface area (TPSA) is 499 Å². The molecule has 34 heteroatoms. The SMILES string of the molecule is NC(=O)c1cnc(N)c2cc(-c3ccc(Cn4cccn4)cc3)sc12.NC(=O)c1cnc(N)c2cc(-c3ccc(Cn4ccnc4)cc3)sc12.NC(=O)c1cnc(N)c2cc(-c3ccc(N4CCC(=O)CC4)cc3)sc12.NC(=O)c1cnc(N)c2cc(-c3ccc(N4CCOCC4)cc3)sc12.NC(=O)c1cnc(N)c2cc(-c3ccc4c(c3)CCC(O)C4)sc12. The third-order valence-electron chi connectivity index (χ3n) is 21.6. The number of aromatic nitrogens is 9. The van der Waals surface area contributed by atoms with Crippen LogP contribution in [-0.4, -0.2) is 130 Å². The molecule has 3 aliphatic rings. The number of ketones is 1. The van der Waals surface area contributed by atoms with Crippen LogP contribution in [0, 0.1) is 0 Å². The van der Waals surface area contributed by atoms with Gasteiger partial charge in [0.25, 0.3) is 29.5 Å². The Hall–Kier alpha value is -14.4. The van der Waals surface area contributed by atoms with Gasteiger partial charge in [-0.15, -0.1) is 56.7 Å². The zero-order valence-electron chi connectivity index (χ0n) is 67.0. The number of nitrogen functional groups attached to an aromatic ring is 5. The highest BCUT2D eigenvalue weighted by Crippen LogP contribution is 2.44. The molecule has 2 saturated heterocycles. The Bertz CT molecular complexity index is 6740. The van der Waals surface area contributed by atoms with E-state index in [-0.39, 0.29) is 6.10 Å². The average molecular weight is 1760 g/mol. The van der Waals surface area contributed by atoms with E-state index in [9.17, 15) is 33.9 Å². The molecule has 0 bridgehead atoms. The maximum absolute atomic E-state index is 11.6. The number of imidazole rings is 1. The molecule has 0 spiro atoms. The zero-order chi connectivity index (χ0) is 87.3. The minimum atomic E-state index is -0.508. The summed E-state index contributed by atoms with van der Waals surface area (Å²) >= 11 is 7.48. The first kappa shape index (κ1) is 84.2. The number of anilines is 7. The first-order chi connectivity index (χ1) is 60.4. The maximum Gasteiger partial charge on any atom is 0.251 e. The number of rotatable bonds is 16. The molecule has 5 aromatic carbocycles. The monoisotopic (exact) mass is 1760 g/mol. The van der Waals surface area contributed by atoms with Crippen LogP contribution >= 0.6 is 56.7 Å². The molecule has 20 rings (SSSR count). The number of nitrogens with two attached hydrogens (primary N) is 10. The molecular formula is C91H83N21O8S5. The van der Waals surface area contributed by atoms with Crippen LogP contribution in [0.15, 0.2) is 214 Å². The van der Waals surface area contributed by atoms with E-state index in [1.807, 2.05) is 70.2 Å². The van der Waals surface area contributed by atoms with Crippen molar-refractivity contribution in [2.45, 2.75) is 51.3 Å². The molecule has 1 aliphatic carbocycles. The molecule has 0 radical (unpaired) electrons. The lowest BCUT2D eigenvalue weighted by molar-refractivity contribution is -0.119. The largest absolute Gasteiger partial charge is 0.393 e. The number of fused-ring (bicyclic) bond motifs is 6. The molecular weight excluding hydrogens is 1680 g/mol. The smallest absolute Gasteiger partial charge is 0.251 e. The number of hydrogen-bond acceptors (Lipinski definition) is 27. The number of benzene rings is 5. The van der Waals surface area contributed by atoms with E-state index in [4.69, 9.17) is 62.1 Å². The number of aliphatic hydroxyl groups is 1. The van der Waals surface area contributed by atoms with Gasteiger partial charge < -0.3 is 81.5 Å². The van der Waals surface area contributed by atoms with Gasteiger partial charge in [0.2, 0.25) is 0 Å². The number of amides is 5. The number of ether oxygens (including phenoxy) is 1. The third kappa shape index (κ3) is 18.7. The molecule has 14 heterocycles. The number of primary amides is 5. The lowest BCUT2D eigenvalue weighted by Crippen LogP contribution is -2.36. The van der Waals surface area contributed by atoms with Gasteiger partial charge in [-0.1, -0.05) is 91.0 Å². The molecule has 125 heavy (non-hydrogen) atoms. The summed E-state index contributed by atoms with van der Waals surface area (Å²) in [4.78, 5) is 104. The van der Waals surface area contributed by atoms with Gasteiger partial charge in [0, 0.05) is 164 Å². The Labute approximate surface area is 734 Å². The van der Waals surface area contributed by atoms with Crippen molar-refractivity contribution in [1.82, 2.24) is 44.3 Å². The van der Waals surface area contributed by atoms with E-state index in [1.54, 1.807) is 18.7 Å². The fourth-order valence-corrected chi connectivity index (χ4v) is 20.9. The summed E-state index contributed by atoms with van der Waals surface area (Å²) < 4.78 is 13.2. The van der Waals surface area contributed by atoms with Gasteiger partial charge in [-0.25, -0.2) is 29.9 Å². The number of Topliss-reactive ketones (excluding diaryl/α,β-unsaturated/α-hetero) is 1. The maximum atomic E-state index is 11.6. The summed E-state index contributed by atoms with van der Waals surface area (Å²) in [5.74, 6) is -0.161. The van der Waals surface area contributed by atoms with E-state index in [1.165, 1.54) is 110 Å². The number of carbonyl (C=O) groups excluding carboxylic acids is 6. The molecule has 1 unspecified atom stereocenters. The van der Waals surface area contributed by atoms with Crippen LogP contribution < -0.4 is 67.1 Å². The second kappa shape index (κ2) is 36.7. The normalized spacial score (nSPS) is 13.7. The molecule has 0 saturated carbocycles. The summed E-state index contributed by atoms with van der Waals surface area (Å²) in [5.41, 5.74) is 71.4. The second-order valence-electron chi connectivity index (χ2n) is 29.8. The van der Waals surface area contributed by atoms with Crippen molar-refractivity contribution in [1.29, 1.82) is 0 Å². The quantitative estimate of drug-likeness (QED) is 0.0428. The molecule has 12 aromatic heterocycles. The van der Waals surface area contributed by atoms with Crippen molar-refractivity contribution in [3.63, 3.8) is 0 Å². The van der Waals surface area contributed by atoms with Crippen LogP contribution in [-0.2, 0) is 35.5 Å². The summed E-state index contributed by atoms with van der Waals surface area (Å²) in [7, 11) is 0. The minimum absolute atomic E-state index is 0.239. The van der Waals surface area contributed by atoms with Gasteiger partial charge in [0.1, 0.15) is 34.9 Å². The number of morpholine rings is 1. The first-order valence-electron chi connectivity index (χ1n) is 39.5. The minimum Gasteiger partial charge on any atom is -0.393 e. The summed E-state index contributed by atoms with van der Waals surface area (Å²) in [6.07, 6.45) is 19.8. The number of aliphatic hydroxyl groups excluding tert-OH is 1. The van der Waals surface area contributed by atoms with Crippen molar-refractivity contribution in [3.05, 3.63) is 264 Å².